The minimum Gasteiger partial charge on any atom is -0.491 e. The van der Waals surface area contributed by atoms with E-state index in [2.05, 4.69) is 16.9 Å². The molecule has 1 heterocycles. The highest BCUT2D eigenvalue weighted by atomic mass is 32.2. The van der Waals surface area contributed by atoms with Gasteiger partial charge >= 0.3 is 0 Å². The molecule has 5 heteroatoms. The highest BCUT2D eigenvalue weighted by Crippen LogP contribution is 2.35. The number of anilines is 1. The van der Waals surface area contributed by atoms with Crippen LogP contribution in [0.1, 0.15) is 19.0 Å². The Balaban J connectivity index is 2.20. The van der Waals surface area contributed by atoms with Crippen molar-refractivity contribution < 1.29 is 4.74 Å². The highest BCUT2D eigenvalue weighted by molar-refractivity contribution is 7.99. The number of hydrogen-bond acceptors (Lipinski definition) is 5. The number of nitrogen functional groups attached to an aromatic ring is 1. The lowest BCUT2D eigenvalue weighted by Crippen LogP contribution is -2.00. The summed E-state index contributed by atoms with van der Waals surface area (Å²) in [4.78, 5) is 9.50. The molecule has 4 nitrogen and oxygen atoms in total. The minimum atomic E-state index is 0.644. The van der Waals surface area contributed by atoms with Crippen molar-refractivity contribution in [1.82, 2.24) is 9.97 Å². The van der Waals surface area contributed by atoms with E-state index < -0.39 is 0 Å². The van der Waals surface area contributed by atoms with Crippen LogP contribution in [0.25, 0.3) is 0 Å². The maximum absolute atomic E-state index is 6.11. The summed E-state index contributed by atoms with van der Waals surface area (Å²) in [5.41, 5.74) is 7.69. The maximum atomic E-state index is 6.11. The van der Waals surface area contributed by atoms with E-state index in [1.165, 1.54) is 11.8 Å². The zero-order chi connectivity index (χ0) is 13.7. The maximum Gasteiger partial charge on any atom is 0.192 e. The third-order valence-corrected chi connectivity index (χ3v) is 3.42. The summed E-state index contributed by atoms with van der Waals surface area (Å²) in [5, 5.41) is 0.694. The Morgan fingerprint density at radius 3 is 2.89 bits per heavy atom. The Hall–Kier alpha value is -1.75. The van der Waals surface area contributed by atoms with Gasteiger partial charge in [0.15, 0.2) is 5.16 Å². The van der Waals surface area contributed by atoms with Crippen LogP contribution in [0.4, 0.5) is 5.69 Å². The molecule has 1 aromatic carbocycles. The van der Waals surface area contributed by atoms with Crippen LogP contribution in [0.5, 0.6) is 5.75 Å². The number of hydrogen-bond donors (Lipinski definition) is 1. The van der Waals surface area contributed by atoms with Crippen LogP contribution in [-0.2, 0) is 0 Å². The quantitative estimate of drug-likeness (QED) is 0.670. The van der Waals surface area contributed by atoms with E-state index in [9.17, 15) is 0 Å². The first kappa shape index (κ1) is 13.7. The van der Waals surface area contributed by atoms with Crippen LogP contribution in [-0.4, -0.2) is 16.6 Å². The van der Waals surface area contributed by atoms with Crippen molar-refractivity contribution in [2.75, 3.05) is 12.3 Å². The SMILES string of the molecule is CCCOc1cccc(Sc2nccc(C)n2)c1N. The Morgan fingerprint density at radius 1 is 1.32 bits per heavy atom. The second-order valence-electron chi connectivity index (χ2n) is 4.10. The fourth-order valence-corrected chi connectivity index (χ4v) is 2.38. The molecule has 0 unspecified atom stereocenters. The second-order valence-corrected chi connectivity index (χ2v) is 5.11. The van der Waals surface area contributed by atoms with Crippen molar-refractivity contribution in [3.8, 4) is 5.75 Å². The number of nitrogens with zero attached hydrogens (tertiary/aromatic N) is 2. The predicted molar refractivity (Wildman–Crippen MR) is 77.5 cm³/mol. The van der Waals surface area contributed by atoms with Gasteiger partial charge in [-0.25, -0.2) is 9.97 Å². The number of nitrogens with two attached hydrogens (primary N) is 1. The first-order chi connectivity index (χ1) is 9.20. The Labute approximate surface area is 117 Å². The third-order valence-electron chi connectivity index (χ3n) is 2.46. The molecule has 19 heavy (non-hydrogen) atoms. The zero-order valence-electron chi connectivity index (χ0n) is 11.1. The molecule has 0 bridgehead atoms. The third kappa shape index (κ3) is 3.61. The van der Waals surface area contributed by atoms with E-state index in [1.807, 2.05) is 31.2 Å². The molecule has 0 aliphatic rings. The zero-order valence-corrected chi connectivity index (χ0v) is 11.9. The molecule has 0 aliphatic heterocycles. The minimum absolute atomic E-state index is 0.644. The van der Waals surface area contributed by atoms with Gasteiger partial charge in [0.25, 0.3) is 0 Å². The summed E-state index contributed by atoms with van der Waals surface area (Å²) in [6.07, 6.45) is 2.70. The molecule has 100 valence electrons. The predicted octanol–water partition coefficient (Wildman–Crippen LogP) is 3.31. The van der Waals surface area contributed by atoms with Gasteiger partial charge in [-0.3, -0.25) is 0 Å². The van der Waals surface area contributed by atoms with Crippen molar-refractivity contribution in [2.24, 2.45) is 0 Å². The van der Waals surface area contributed by atoms with Gasteiger partial charge in [-0.1, -0.05) is 13.0 Å². The molecule has 0 saturated heterocycles. The molecule has 2 rings (SSSR count). The van der Waals surface area contributed by atoms with E-state index >= 15 is 0 Å². The molecule has 0 fully saturated rings. The van der Waals surface area contributed by atoms with Crippen molar-refractivity contribution in [2.45, 2.75) is 30.3 Å². The Kier molecular flexibility index (Phi) is 4.63. The first-order valence-corrected chi connectivity index (χ1v) is 7.01. The van der Waals surface area contributed by atoms with Crippen LogP contribution in [0.2, 0.25) is 0 Å². The number of rotatable bonds is 5. The van der Waals surface area contributed by atoms with Gasteiger partial charge < -0.3 is 10.5 Å². The highest BCUT2D eigenvalue weighted by Gasteiger charge is 2.09. The smallest absolute Gasteiger partial charge is 0.192 e. The van der Waals surface area contributed by atoms with Crippen LogP contribution >= 0.6 is 11.8 Å². The molecule has 0 amide bonds. The van der Waals surface area contributed by atoms with Crippen molar-refractivity contribution in [3.63, 3.8) is 0 Å². The molecular weight excluding hydrogens is 258 g/mol. The molecule has 1 aromatic heterocycles. The lowest BCUT2D eigenvalue weighted by Gasteiger charge is -2.11. The second kappa shape index (κ2) is 6.43. The van der Waals surface area contributed by atoms with Gasteiger partial charge in [-0.15, -0.1) is 0 Å². The van der Waals surface area contributed by atoms with Gasteiger partial charge in [0.2, 0.25) is 0 Å². The lowest BCUT2D eigenvalue weighted by atomic mass is 10.3. The normalized spacial score (nSPS) is 10.4. The fraction of sp³-hybridized carbons (Fsp3) is 0.286. The average molecular weight is 275 g/mol. The topological polar surface area (TPSA) is 61.0 Å². The molecule has 0 spiro atoms. The number of ether oxygens (including phenoxy) is 1. The summed E-state index contributed by atoms with van der Waals surface area (Å²) in [5.74, 6) is 0.722. The van der Waals surface area contributed by atoms with Gasteiger partial charge in [0.1, 0.15) is 5.75 Å². The number of para-hydroxylation sites is 1. The van der Waals surface area contributed by atoms with Gasteiger partial charge in [0.05, 0.1) is 12.3 Å². The van der Waals surface area contributed by atoms with Crippen LogP contribution in [0.3, 0.4) is 0 Å². The number of aromatic nitrogens is 2. The van der Waals surface area contributed by atoms with Crippen molar-refractivity contribution in [1.29, 1.82) is 0 Å². The van der Waals surface area contributed by atoms with E-state index in [0.29, 0.717) is 17.5 Å². The summed E-state index contributed by atoms with van der Waals surface area (Å²) < 4.78 is 5.61. The molecule has 2 N–H and O–H groups in total. The van der Waals surface area contributed by atoms with Crippen LogP contribution in [0, 0.1) is 6.92 Å². The molecule has 0 atom stereocenters. The lowest BCUT2D eigenvalue weighted by molar-refractivity contribution is 0.318. The summed E-state index contributed by atoms with van der Waals surface area (Å²) >= 11 is 1.45. The van der Waals surface area contributed by atoms with Crippen molar-refractivity contribution >= 4 is 17.4 Å². The summed E-state index contributed by atoms with van der Waals surface area (Å²) in [7, 11) is 0. The van der Waals surface area contributed by atoms with Gasteiger partial charge in [-0.05, 0) is 43.3 Å². The monoisotopic (exact) mass is 275 g/mol. The van der Waals surface area contributed by atoms with E-state index in [4.69, 9.17) is 10.5 Å². The Bertz CT molecular complexity index is 560. The van der Waals surface area contributed by atoms with Crippen LogP contribution in [0.15, 0.2) is 40.5 Å². The molecule has 0 radical (unpaired) electrons. The fourth-order valence-electron chi connectivity index (χ4n) is 1.52. The van der Waals surface area contributed by atoms with Gasteiger partial charge in [0, 0.05) is 16.8 Å². The Morgan fingerprint density at radius 2 is 2.16 bits per heavy atom. The largest absolute Gasteiger partial charge is 0.491 e. The number of aryl methyl sites for hydroxylation is 1. The van der Waals surface area contributed by atoms with Gasteiger partial charge in [-0.2, -0.15) is 0 Å². The standard InChI is InChI=1S/C14H17N3OS/c1-3-9-18-11-5-4-6-12(13(11)15)19-14-16-8-7-10(2)17-14/h4-8H,3,9,15H2,1-2H3. The van der Waals surface area contributed by atoms with Crippen molar-refractivity contribution in [3.05, 3.63) is 36.2 Å². The molecule has 2 aromatic rings. The molecule has 0 saturated carbocycles. The summed E-state index contributed by atoms with van der Waals surface area (Å²) in [6.45, 7) is 4.67. The summed E-state index contributed by atoms with van der Waals surface area (Å²) in [6, 6.07) is 7.63. The van der Waals surface area contributed by atoms with E-state index in [0.717, 1.165) is 22.8 Å². The van der Waals surface area contributed by atoms with Crippen LogP contribution < -0.4 is 10.5 Å². The average Bonchev–Trinajstić information content (AvgIpc) is 2.40. The first-order valence-electron chi connectivity index (χ1n) is 6.19. The molecule has 0 aliphatic carbocycles. The number of benzene rings is 1. The van der Waals surface area contributed by atoms with E-state index in [1.54, 1.807) is 6.20 Å². The van der Waals surface area contributed by atoms with E-state index in [-0.39, 0.29) is 0 Å². The molecular formula is C14H17N3OS.